The number of hydrogen-bond donors (Lipinski definition) is 1. The highest BCUT2D eigenvalue weighted by Crippen LogP contribution is 2.25. The van der Waals surface area contributed by atoms with Gasteiger partial charge >= 0.3 is 0 Å². The van der Waals surface area contributed by atoms with Gasteiger partial charge in [-0.1, -0.05) is 11.6 Å². The van der Waals surface area contributed by atoms with Crippen LogP contribution in [-0.4, -0.2) is 25.6 Å². The maximum absolute atomic E-state index is 13.5. The normalized spacial score (nSPS) is 10.5. The summed E-state index contributed by atoms with van der Waals surface area (Å²) in [5.41, 5.74) is 0.784. The minimum atomic E-state index is -0.624. The fourth-order valence-corrected chi connectivity index (χ4v) is 1.70. The summed E-state index contributed by atoms with van der Waals surface area (Å²) in [5, 5.41) is 13.6. The van der Waals surface area contributed by atoms with Crippen molar-refractivity contribution < 1.29 is 9.13 Å². The average Bonchev–Trinajstić information content (AvgIpc) is 2.97. The standard InChI is InChI=1S/C12H7ClFN5O/c13-8-5-10(14)12(15-6-8)20-9-3-1-7(2-4-9)11-16-18-19-17-11/h1-6H,(H,16,17,18,19). The molecule has 3 rings (SSSR count). The van der Waals surface area contributed by atoms with E-state index in [9.17, 15) is 4.39 Å². The van der Waals surface area contributed by atoms with E-state index in [2.05, 4.69) is 25.6 Å². The Morgan fingerprint density at radius 3 is 2.65 bits per heavy atom. The van der Waals surface area contributed by atoms with Gasteiger partial charge in [-0.15, -0.1) is 5.10 Å². The third-order valence-electron chi connectivity index (χ3n) is 2.46. The average molecular weight is 292 g/mol. The number of ether oxygens (including phenoxy) is 1. The molecular formula is C12H7ClFN5O. The number of benzene rings is 1. The van der Waals surface area contributed by atoms with E-state index in [1.807, 2.05) is 0 Å². The molecule has 0 aliphatic heterocycles. The largest absolute Gasteiger partial charge is 0.436 e. The Morgan fingerprint density at radius 2 is 2.00 bits per heavy atom. The molecule has 1 N–H and O–H groups in total. The molecule has 0 radical (unpaired) electrons. The lowest BCUT2D eigenvalue weighted by Crippen LogP contribution is -1.92. The molecule has 0 aliphatic rings. The maximum Gasteiger partial charge on any atom is 0.255 e. The minimum Gasteiger partial charge on any atom is -0.436 e. The molecule has 20 heavy (non-hydrogen) atoms. The van der Waals surface area contributed by atoms with Crippen molar-refractivity contribution in [3.8, 4) is 23.0 Å². The minimum absolute atomic E-state index is 0.136. The first-order chi connectivity index (χ1) is 9.72. The van der Waals surface area contributed by atoms with E-state index >= 15 is 0 Å². The number of pyridine rings is 1. The summed E-state index contributed by atoms with van der Waals surface area (Å²) in [4.78, 5) is 3.78. The van der Waals surface area contributed by atoms with Gasteiger partial charge in [0.25, 0.3) is 5.88 Å². The second-order valence-electron chi connectivity index (χ2n) is 3.82. The van der Waals surface area contributed by atoms with Crippen molar-refractivity contribution in [1.29, 1.82) is 0 Å². The number of nitrogens with one attached hydrogen (secondary N) is 1. The molecule has 0 atom stereocenters. The van der Waals surface area contributed by atoms with E-state index in [4.69, 9.17) is 16.3 Å². The van der Waals surface area contributed by atoms with Crippen molar-refractivity contribution in [3.05, 3.63) is 47.4 Å². The van der Waals surface area contributed by atoms with Gasteiger partial charge in [0.05, 0.1) is 5.02 Å². The van der Waals surface area contributed by atoms with Gasteiger partial charge < -0.3 is 4.74 Å². The topological polar surface area (TPSA) is 76.6 Å². The molecule has 0 saturated carbocycles. The predicted octanol–water partition coefficient (Wildman–Crippen LogP) is 2.85. The van der Waals surface area contributed by atoms with E-state index in [0.717, 1.165) is 11.6 Å². The molecule has 0 amide bonds. The van der Waals surface area contributed by atoms with Gasteiger partial charge in [0.1, 0.15) is 5.75 Å². The zero-order valence-corrected chi connectivity index (χ0v) is 10.7. The van der Waals surface area contributed by atoms with Crippen LogP contribution in [0.5, 0.6) is 11.6 Å². The van der Waals surface area contributed by atoms with Gasteiger partial charge in [-0.3, -0.25) is 0 Å². The highest BCUT2D eigenvalue weighted by molar-refractivity contribution is 6.30. The maximum atomic E-state index is 13.5. The Morgan fingerprint density at radius 1 is 1.20 bits per heavy atom. The van der Waals surface area contributed by atoms with Crippen LogP contribution in [0.2, 0.25) is 5.02 Å². The second kappa shape index (κ2) is 5.22. The Hall–Kier alpha value is -2.54. The van der Waals surface area contributed by atoms with Crippen molar-refractivity contribution in [3.63, 3.8) is 0 Å². The predicted molar refractivity (Wildman–Crippen MR) is 68.9 cm³/mol. The van der Waals surface area contributed by atoms with Crippen LogP contribution in [0.25, 0.3) is 11.4 Å². The van der Waals surface area contributed by atoms with Crippen LogP contribution in [-0.2, 0) is 0 Å². The van der Waals surface area contributed by atoms with Crippen molar-refractivity contribution >= 4 is 11.6 Å². The van der Waals surface area contributed by atoms with Crippen LogP contribution in [0.1, 0.15) is 0 Å². The van der Waals surface area contributed by atoms with Gasteiger partial charge in [0, 0.05) is 11.8 Å². The molecule has 6 nitrogen and oxygen atoms in total. The summed E-state index contributed by atoms with van der Waals surface area (Å²) < 4.78 is 18.9. The summed E-state index contributed by atoms with van der Waals surface area (Å²) >= 11 is 5.62. The monoisotopic (exact) mass is 291 g/mol. The third-order valence-corrected chi connectivity index (χ3v) is 2.67. The molecule has 100 valence electrons. The Kier molecular flexibility index (Phi) is 3.26. The first-order valence-corrected chi connectivity index (χ1v) is 5.93. The van der Waals surface area contributed by atoms with Crippen molar-refractivity contribution in [1.82, 2.24) is 25.6 Å². The van der Waals surface area contributed by atoms with Gasteiger partial charge in [0.2, 0.25) is 0 Å². The van der Waals surface area contributed by atoms with Crippen LogP contribution in [0.3, 0.4) is 0 Å². The molecular weight excluding hydrogens is 285 g/mol. The highest BCUT2D eigenvalue weighted by atomic mass is 35.5. The van der Waals surface area contributed by atoms with Crippen molar-refractivity contribution in [2.24, 2.45) is 0 Å². The molecule has 0 aliphatic carbocycles. The van der Waals surface area contributed by atoms with Crippen molar-refractivity contribution in [2.45, 2.75) is 0 Å². The van der Waals surface area contributed by atoms with Crippen LogP contribution in [0, 0.1) is 5.82 Å². The Balaban J connectivity index is 1.81. The molecule has 0 fully saturated rings. The first kappa shape index (κ1) is 12.5. The number of halogens is 2. The molecule has 0 bridgehead atoms. The number of tetrazole rings is 1. The van der Waals surface area contributed by atoms with Gasteiger partial charge in [0.15, 0.2) is 11.6 Å². The summed E-state index contributed by atoms with van der Waals surface area (Å²) in [5.74, 6) is 0.215. The lowest BCUT2D eigenvalue weighted by Gasteiger charge is -2.06. The summed E-state index contributed by atoms with van der Waals surface area (Å²) in [6, 6.07) is 7.94. The van der Waals surface area contributed by atoms with Gasteiger partial charge in [-0.25, -0.2) is 14.5 Å². The zero-order valence-electron chi connectivity index (χ0n) is 9.92. The van der Waals surface area contributed by atoms with Gasteiger partial charge in [-0.2, -0.15) is 0 Å². The summed E-state index contributed by atoms with van der Waals surface area (Å²) in [7, 11) is 0. The Labute approximate surface area is 117 Å². The second-order valence-corrected chi connectivity index (χ2v) is 4.25. The number of H-pyrrole nitrogens is 1. The molecule has 0 saturated heterocycles. The molecule has 2 heterocycles. The molecule has 0 unspecified atom stereocenters. The highest BCUT2D eigenvalue weighted by Gasteiger charge is 2.08. The lowest BCUT2D eigenvalue weighted by molar-refractivity contribution is 0.423. The molecule has 3 aromatic rings. The molecule has 1 aromatic carbocycles. The van der Waals surface area contributed by atoms with Crippen LogP contribution in [0.15, 0.2) is 36.5 Å². The number of nitrogens with zero attached hydrogens (tertiary/aromatic N) is 4. The van der Waals surface area contributed by atoms with Crippen LogP contribution >= 0.6 is 11.6 Å². The number of hydrogen-bond acceptors (Lipinski definition) is 5. The van der Waals surface area contributed by atoms with Crippen molar-refractivity contribution in [2.75, 3.05) is 0 Å². The fraction of sp³-hybridized carbons (Fsp3) is 0. The molecule has 8 heteroatoms. The van der Waals surface area contributed by atoms with E-state index in [-0.39, 0.29) is 10.9 Å². The molecule has 2 aromatic heterocycles. The van der Waals surface area contributed by atoms with E-state index in [0.29, 0.717) is 11.6 Å². The lowest BCUT2D eigenvalue weighted by atomic mass is 10.2. The third kappa shape index (κ3) is 2.57. The summed E-state index contributed by atoms with van der Waals surface area (Å²) in [6.07, 6.45) is 1.31. The van der Waals surface area contributed by atoms with E-state index in [1.54, 1.807) is 24.3 Å². The smallest absolute Gasteiger partial charge is 0.255 e. The number of aromatic amines is 1. The zero-order chi connectivity index (χ0) is 13.9. The first-order valence-electron chi connectivity index (χ1n) is 5.55. The van der Waals surface area contributed by atoms with E-state index in [1.165, 1.54) is 6.20 Å². The fourth-order valence-electron chi connectivity index (χ4n) is 1.55. The number of aromatic nitrogens is 5. The van der Waals surface area contributed by atoms with Crippen LogP contribution < -0.4 is 4.74 Å². The summed E-state index contributed by atoms with van der Waals surface area (Å²) in [6.45, 7) is 0. The quantitative estimate of drug-likeness (QED) is 0.803. The van der Waals surface area contributed by atoms with E-state index < -0.39 is 5.82 Å². The molecule has 0 spiro atoms. The SMILES string of the molecule is Fc1cc(Cl)cnc1Oc1ccc(-c2nnn[nH]2)cc1. The van der Waals surface area contributed by atoms with Crippen LogP contribution in [0.4, 0.5) is 4.39 Å². The van der Waals surface area contributed by atoms with Gasteiger partial charge in [-0.05, 0) is 40.8 Å². The number of rotatable bonds is 3. The Bertz CT molecular complexity index is 717.